The van der Waals surface area contributed by atoms with Crippen molar-refractivity contribution in [1.29, 1.82) is 0 Å². The summed E-state index contributed by atoms with van der Waals surface area (Å²) in [4.78, 5) is 0. The number of nitrogens with two attached hydrogens (primary N) is 1. The predicted molar refractivity (Wildman–Crippen MR) is 74.7 cm³/mol. The second-order valence-corrected chi connectivity index (χ2v) is 5.12. The molecule has 0 aliphatic heterocycles. The molecular weight excluding hydrogens is 283 g/mol. The molecule has 0 bridgehead atoms. The van der Waals surface area contributed by atoms with E-state index in [0.717, 1.165) is 6.42 Å². The van der Waals surface area contributed by atoms with Crippen LogP contribution in [-0.2, 0) is 0 Å². The van der Waals surface area contributed by atoms with E-state index in [1.807, 2.05) is 0 Å². The number of benzene rings is 1. The van der Waals surface area contributed by atoms with Gasteiger partial charge in [0.15, 0.2) is 0 Å². The lowest BCUT2D eigenvalue weighted by Gasteiger charge is -2.16. The van der Waals surface area contributed by atoms with Gasteiger partial charge in [0.2, 0.25) is 0 Å². The molecule has 0 unspecified atom stereocenters. The topological polar surface area (TPSA) is 26.0 Å². The zero-order valence-corrected chi connectivity index (χ0v) is 12.2. The van der Waals surface area contributed by atoms with Crippen molar-refractivity contribution in [2.45, 2.75) is 32.7 Å². The first-order valence-electron chi connectivity index (χ1n) is 5.32. The molecule has 98 valence electrons. The highest BCUT2D eigenvalue weighted by atomic mass is 35.5. The molecule has 1 nitrogen and oxygen atoms in total. The average Bonchev–Trinajstić information content (AvgIpc) is 2.21. The zero-order chi connectivity index (χ0) is 12.3. The van der Waals surface area contributed by atoms with Crippen molar-refractivity contribution in [3.63, 3.8) is 0 Å². The van der Waals surface area contributed by atoms with E-state index in [9.17, 15) is 4.39 Å². The molecule has 0 aromatic heterocycles. The molecule has 17 heavy (non-hydrogen) atoms. The minimum Gasteiger partial charge on any atom is -0.324 e. The van der Waals surface area contributed by atoms with E-state index in [4.69, 9.17) is 28.9 Å². The summed E-state index contributed by atoms with van der Waals surface area (Å²) < 4.78 is 13.6. The average molecular weight is 301 g/mol. The first-order valence-corrected chi connectivity index (χ1v) is 6.08. The minimum absolute atomic E-state index is 0. The molecule has 1 rings (SSSR count). The highest BCUT2D eigenvalue weighted by molar-refractivity contribution is 6.42. The highest BCUT2D eigenvalue weighted by Crippen LogP contribution is 2.33. The summed E-state index contributed by atoms with van der Waals surface area (Å²) in [6, 6.07) is 2.35. The van der Waals surface area contributed by atoms with E-state index < -0.39 is 6.04 Å². The van der Waals surface area contributed by atoms with Crippen molar-refractivity contribution in [2.75, 3.05) is 0 Å². The number of rotatable bonds is 4. The van der Waals surface area contributed by atoms with E-state index in [1.54, 1.807) is 0 Å². The molecule has 1 aromatic rings. The monoisotopic (exact) mass is 299 g/mol. The summed E-state index contributed by atoms with van der Waals surface area (Å²) >= 11 is 11.8. The van der Waals surface area contributed by atoms with Crippen LogP contribution in [0.15, 0.2) is 12.1 Å². The molecule has 0 fully saturated rings. The van der Waals surface area contributed by atoms with E-state index in [0.29, 0.717) is 22.9 Å². The molecule has 0 aliphatic carbocycles. The number of hydrogen-bond donors (Lipinski definition) is 1. The van der Waals surface area contributed by atoms with Crippen LogP contribution in [0.5, 0.6) is 0 Å². The molecular formula is C12H17Cl3FN. The van der Waals surface area contributed by atoms with Crippen molar-refractivity contribution >= 4 is 35.6 Å². The maximum atomic E-state index is 13.6. The summed E-state index contributed by atoms with van der Waals surface area (Å²) in [5.41, 5.74) is 6.26. The Morgan fingerprint density at radius 2 is 1.82 bits per heavy atom. The predicted octanol–water partition coefficient (Wildman–Crippen LogP) is 4.99. The molecule has 2 N–H and O–H groups in total. The van der Waals surface area contributed by atoms with Crippen LogP contribution in [0.1, 0.15) is 38.3 Å². The molecule has 0 spiro atoms. The second-order valence-electron chi connectivity index (χ2n) is 4.33. The zero-order valence-electron chi connectivity index (χ0n) is 9.84. The summed E-state index contributed by atoms with van der Waals surface area (Å²) in [5, 5.41) is 0.580. The van der Waals surface area contributed by atoms with E-state index in [2.05, 4.69) is 13.8 Å². The Morgan fingerprint density at radius 1 is 1.24 bits per heavy atom. The summed E-state index contributed by atoms with van der Waals surface area (Å²) in [6.45, 7) is 4.20. The van der Waals surface area contributed by atoms with Crippen molar-refractivity contribution in [3.05, 3.63) is 33.6 Å². The molecule has 0 heterocycles. The van der Waals surface area contributed by atoms with Crippen LogP contribution in [0, 0.1) is 11.7 Å². The largest absolute Gasteiger partial charge is 0.324 e. The summed E-state index contributed by atoms with van der Waals surface area (Å²) in [6.07, 6.45) is 1.64. The lowest BCUT2D eigenvalue weighted by atomic mass is 9.98. The molecule has 1 atom stereocenters. The first kappa shape index (κ1) is 17.0. The van der Waals surface area contributed by atoms with Crippen molar-refractivity contribution in [2.24, 2.45) is 11.7 Å². The van der Waals surface area contributed by atoms with E-state index >= 15 is 0 Å². The van der Waals surface area contributed by atoms with E-state index in [-0.39, 0.29) is 23.2 Å². The molecule has 0 aliphatic rings. The van der Waals surface area contributed by atoms with Gasteiger partial charge in [0.1, 0.15) is 5.82 Å². The summed E-state index contributed by atoms with van der Waals surface area (Å²) in [5.74, 6) is 0.151. The van der Waals surface area contributed by atoms with Gasteiger partial charge in [-0.05, 0) is 30.9 Å². The van der Waals surface area contributed by atoms with Gasteiger partial charge < -0.3 is 5.73 Å². The first-order chi connectivity index (χ1) is 7.43. The Bertz CT molecular complexity index is 369. The third-order valence-electron chi connectivity index (χ3n) is 2.51. The van der Waals surface area contributed by atoms with Crippen LogP contribution in [-0.4, -0.2) is 0 Å². The minimum atomic E-state index is -0.395. The Hall–Kier alpha value is -0.0200. The Morgan fingerprint density at radius 3 is 2.35 bits per heavy atom. The van der Waals surface area contributed by atoms with Crippen molar-refractivity contribution in [3.8, 4) is 0 Å². The molecule has 5 heteroatoms. The summed E-state index contributed by atoms with van der Waals surface area (Å²) in [7, 11) is 0. The van der Waals surface area contributed by atoms with Crippen LogP contribution >= 0.6 is 35.6 Å². The molecule has 0 radical (unpaired) electrons. The Kier molecular flexibility index (Phi) is 7.41. The van der Waals surface area contributed by atoms with Crippen LogP contribution < -0.4 is 5.73 Å². The van der Waals surface area contributed by atoms with Crippen LogP contribution in [0.3, 0.4) is 0 Å². The fourth-order valence-corrected chi connectivity index (χ4v) is 2.00. The van der Waals surface area contributed by atoms with Crippen LogP contribution in [0.2, 0.25) is 10.0 Å². The normalized spacial score (nSPS) is 12.4. The fraction of sp³-hybridized carbons (Fsp3) is 0.500. The Labute approximate surface area is 118 Å². The fourth-order valence-electron chi connectivity index (χ4n) is 1.54. The Balaban J connectivity index is 0.00000256. The standard InChI is InChI=1S/C12H16Cl2FN.ClH/c1-7(2)3-6-10(16)11-9(15)5-4-8(13)12(11)14;/h4-5,7,10H,3,6,16H2,1-2H3;1H/t10-;/m0./s1. The lowest BCUT2D eigenvalue weighted by Crippen LogP contribution is -2.13. The SMILES string of the molecule is CC(C)CC[C@H](N)c1c(F)ccc(Cl)c1Cl.Cl. The van der Waals surface area contributed by atoms with Crippen molar-refractivity contribution in [1.82, 2.24) is 0 Å². The molecule has 1 aromatic carbocycles. The van der Waals surface area contributed by atoms with Gasteiger partial charge in [0.05, 0.1) is 10.0 Å². The van der Waals surface area contributed by atoms with Crippen molar-refractivity contribution < 1.29 is 4.39 Å². The molecule has 0 saturated heterocycles. The maximum absolute atomic E-state index is 13.6. The van der Waals surface area contributed by atoms with Crippen LogP contribution in [0.4, 0.5) is 4.39 Å². The highest BCUT2D eigenvalue weighted by Gasteiger charge is 2.17. The van der Waals surface area contributed by atoms with Gasteiger partial charge in [0, 0.05) is 11.6 Å². The second kappa shape index (κ2) is 7.42. The third-order valence-corrected chi connectivity index (χ3v) is 3.32. The maximum Gasteiger partial charge on any atom is 0.129 e. The molecule has 0 amide bonds. The number of hydrogen-bond acceptors (Lipinski definition) is 1. The van der Waals surface area contributed by atoms with Gasteiger partial charge in [-0.15, -0.1) is 12.4 Å². The molecule has 0 saturated carbocycles. The van der Waals surface area contributed by atoms with Crippen LogP contribution in [0.25, 0.3) is 0 Å². The third kappa shape index (κ3) is 4.63. The smallest absolute Gasteiger partial charge is 0.129 e. The number of halogens is 4. The van der Waals surface area contributed by atoms with Gasteiger partial charge >= 0.3 is 0 Å². The lowest BCUT2D eigenvalue weighted by molar-refractivity contribution is 0.491. The van der Waals surface area contributed by atoms with E-state index in [1.165, 1.54) is 12.1 Å². The quantitative estimate of drug-likeness (QED) is 0.779. The van der Waals surface area contributed by atoms with Gasteiger partial charge in [-0.3, -0.25) is 0 Å². The van der Waals surface area contributed by atoms with Gasteiger partial charge in [-0.1, -0.05) is 37.0 Å². The van der Waals surface area contributed by atoms with Gasteiger partial charge in [-0.2, -0.15) is 0 Å². The van der Waals surface area contributed by atoms with Gasteiger partial charge in [0.25, 0.3) is 0 Å². The van der Waals surface area contributed by atoms with Gasteiger partial charge in [-0.25, -0.2) is 4.39 Å².